The third kappa shape index (κ3) is 10.2. The summed E-state index contributed by atoms with van der Waals surface area (Å²) in [4.78, 5) is 16.3. The molecule has 16 heteroatoms. The van der Waals surface area contributed by atoms with Crippen molar-refractivity contribution in [1.82, 2.24) is 9.80 Å². The van der Waals surface area contributed by atoms with Crippen LogP contribution in [0.15, 0.2) is 66.7 Å². The Balaban J connectivity index is 0.00000267. The molecule has 2 aliphatic heterocycles. The average molecular weight is 765 g/mol. The molecule has 0 radical (unpaired) electrons. The summed E-state index contributed by atoms with van der Waals surface area (Å²) in [6.45, 7) is 1.69. The number of cyclic esters (lactones) is 1. The van der Waals surface area contributed by atoms with Gasteiger partial charge in [0.05, 0.1) is 21.2 Å². The monoisotopic (exact) mass is 763 g/mol. The summed E-state index contributed by atoms with van der Waals surface area (Å²) < 4.78 is 86.6. The van der Waals surface area contributed by atoms with Gasteiger partial charge in [-0.3, -0.25) is 0 Å². The number of alkyl halides is 6. The molecule has 1 unspecified atom stereocenters. The van der Waals surface area contributed by atoms with Crippen LogP contribution in [-0.4, -0.2) is 60.2 Å². The molecule has 2 saturated heterocycles. The minimum atomic E-state index is -5.01. The molecule has 0 bridgehead atoms. The van der Waals surface area contributed by atoms with Gasteiger partial charge in [-0.1, -0.05) is 47.5 Å². The number of halogens is 10. The number of nitrogens with zero attached hydrogens (tertiary/aromatic N) is 2. The number of carbonyl (C=O) groups is 1. The van der Waals surface area contributed by atoms with E-state index in [1.165, 1.54) is 0 Å². The number of carbonyl (C=O) groups excluding carboxylic acids is 1. The van der Waals surface area contributed by atoms with Crippen molar-refractivity contribution in [2.24, 2.45) is 0 Å². The minimum absolute atomic E-state index is 0. The van der Waals surface area contributed by atoms with E-state index in [1.807, 2.05) is 30.3 Å². The third-order valence-corrected chi connectivity index (χ3v) is 9.15. The van der Waals surface area contributed by atoms with Crippen molar-refractivity contribution < 1.29 is 41.4 Å². The number of hydrogen-bond donors (Lipinski definition) is 1. The van der Waals surface area contributed by atoms with Crippen LogP contribution in [0.4, 0.5) is 36.8 Å². The molecule has 0 spiro atoms. The Kier molecular flexibility index (Phi) is 14.6. The quantitative estimate of drug-likeness (QED) is 0.233. The molecule has 3 aromatic rings. The fraction of sp³-hybridized carbons (Fsp3) is 0.406. The van der Waals surface area contributed by atoms with E-state index in [2.05, 4.69) is 10.2 Å². The summed E-state index contributed by atoms with van der Waals surface area (Å²) >= 11 is 12.5. The second-order valence-electron chi connectivity index (χ2n) is 11.6. The normalized spacial score (nSPS) is 19.0. The van der Waals surface area contributed by atoms with Crippen molar-refractivity contribution in [3.8, 4) is 0 Å². The van der Waals surface area contributed by atoms with Gasteiger partial charge in [-0.05, 0) is 79.4 Å². The first kappa shape index (κ1) is 41.6. The lowest BCUT2D eigenvalue weighted by molar-refractivity contribution is -0.143. The number of benzene rings is 3. The second-order valence-corrected chi connectivity index (χ2v) is 12.4. The van der Waals surface area contributed by atoms with Gasteiger partial charge in [-0.25, -0.2) is 4.79 Å². The van der Waals surface area contributed by atoms with Crippen LogP contribution in [0.2, 0.25) is 10.0 Å². The zero-order chi connectivity index (χ0) is 32.4. The molecule has 2 fully saturated rings. The molecule has 2 aliphatic rings. The highest BCUT2D eigenvalue weighted by Gasteiger charge is 2.43. The first-order valence-corrected chi connectivity index (χ1v) is 15.2. The summed E-state index contributed by atoms with van der Waals surface area (Å²) in [6.07, 6.45) is -8.54. The number of para-hydroxylation sites is 1. The molecule has 0 saturated carbocycles. The van der Waals surface area contributed by atoms with Gasteiger partial charge in [0.25, 0.3) is 0 Å². The molecule has 3 N–H and O–H groups in total. The van der Waals surface area contributed by atoms with Gasteiger partial charge in [-0.2, -0.15) is 26.3 Å². The fourth-order valence-corrected chi connectivity index (χ4v) is 6.26. The van der Waals surface area contributed by atoms with E-state index < -0.39 is 41.5 Å². The Morgan fingerprint density at radius 2 is 1.46 bits per heavy atom. The average Bonchev–Trinajstić information content (AvgIpc) is 2.99. The van der Waals surface area contributed by atoms with Gasteiger partial charge in [0.2, 0.25) is 0 Å². The maximum absolute atomic E-state index is 13.5. The SMILES string of the molecule is Cl.Cl.O.O=C1OCC(CCN2CCC(Nc3ccccc3)CC2)(c2ccc(Cl)c(Cl)c2)CN1Cc1cc(C(F)(F)F)cc(C(F)(F)F)c1. The molecule has 2 heterocycles. The van der Waals surface area contributed by atoms with Crippen molar-refractivity contribution in [2.75, 3.05) is 38.1 Å². The summed E-state index contributed by atoms with van der Waals surface area (Å²) in [5.41, 5.74) is -2.29. The molecule has 3 aromatic carbocycles. The molecule has 0 aliphatic carbocycles. The number of nitrogens with one attached hydrogen (secondary N) is 1. The zero-order valence-electron chi connectivity index (χ0n) is 25.3. The number of amides is 1. The Labute approximate surface area is 296 Å². The summed E-state index contributed by atoms with van der Waals surface area (Å²) in [6, 6.07) is 16.6. The number of hydrogen-bond acceptors (Lipinski definition) is 4. The van der Waals surface area contributed by atoms with Gasteiger partial charge in [0, 0.05) is 43.3 Å². The first-order chi connectivity index (χ1) is 21.2. The Hall–Kier alpha value is -2.61. The highest BCUT2D eigenvalue weighted by molar-refractivity contribution is 6.42. The molecular weight excluding hydrogens is 730 g/mol. The molecule has 5 rings (SSSR count). The standard InChI is InChI=1S/C32H31Cl2F6N3O2.2ClH.H2O/c33-27-7-6-22(17-28(27)34)30(10-13-42-11-8-26(9-12-42)41-25-4-2-1-3-5-25)19-43(29(44)45-20-30)18-21-14-23(31(35,36)37)16-24(15-21)32(38,39)40;;;/h1-7,14-17,26,41H,8-13,18-20H2;2*1H;1H2. The van der Waals surface area contributed by atoms with E-state index >= 15 is 0 Å². The molecule has 266 valence electrons. The van der Waals surface area contributed by atoms with Crippen LogP contribution < -0.4 is 5.32 Å². The summed E-state index contributed by atoms with van der Waals surface area (Å²) in [7, 11) is 0. The molecule has 1 amide bonds. The third-order valence-electron chi connectivity index (χ3n) is 8.42. The van der Waals surface area contributed by atoms with Crippen LogP contribution in [-0.2, 0) is 29.0 Å². The van der Waals surface area contributed by atoms with E-state index in [0.717, 1.165) is 36.5 Å². The van der Waals surface area contributed by atoms with E-state index in [4.69, 9.17) is 27.9 Å². The van der Waals surface area contributed by atoms with Crippen LogP contribution in [0.25, 0.3) is 0 Å². The second kappa shape index (κ2) is 16.9. The van der Waals surface area contributed by atoms with Gasteiger partial charge >= 0.3 is 18.4 Å². The lowest BCUT2D eigenvalue weighted by atomic mass is 9.76. The summed E-state index contributed by atoms with van der Waals surface area (Å²) in [5.74, 6) is 0. The Morgan fingerprint density at radius 1 is 0.854 bits per heavy atom. The van der Waals surface area contributed by atoms with Gasteiger partial charge < -0.3 is 25.3 Å². The number of piperidine rings is 1. The van der Waals surface area contributed by atoms with Crippen LogP contribution in [0.3, 0.4) is 0 Å². The van der Waals surface area contributed by atoms with Crippen LogP contribution in [0, 0.1) is 0 Å². The number of anilines is 1. The van der Waals surface area contributed by atoms with E-state index in [9.17, 15) is 31.1 Å². The topological polar surface area (TPSA) is 76.3 Å². The van der Waals surface area contributed by atoms with Crippen LogP contribution in [0.1, 0.15) is 41.5 Å². The largest absolute Gasteiger partial charge is 0.448 e. The van der Waals surface area contributed by atoms with Gasteiger partial charge in [0.1, 0.15) is 6.61 Å². The smallest absolute Gasteiger partial charge is 0.416 e. The lowest BCUT2D eigenvalue weighted by Crippen LogP contribution is -2.53. The number of likely N-dealkylation sites (tertiary alicyclic amines) is 1. The lowest BCUT2D eigenvalue weighted by Gasteiger charge is -2.44. The highest BCUT2D eigenvalue weighted by atomic mass is 35.5. The van der Waals surface area contributed by atoms with Crippen LogP contribution in [0.5, 0.6) is 0 Å². The molecule has 6 nitrogen and oxygen atoms in total. The zero-order valence-corrected chi connectivity index (χ0v) is 28.5. The molecule has 1 atom stereocenters. The van der Waals surface area contributed by atoms with Crippen molar-refractivity contribution in [1.29, 1.82) is 0 Å². The van der Waals surface area contributed by atoms with E-state index in [0.29, 0.717) is 41.7 Å². The van der Waals surface area contributed by atoms with Crippen molar-refractivity contribution >= 4 is 59.8 Å². The molecular formula is C32H35Cl4F6N3O3. The van der Waals surface area contributed by atoms with Crippen LogP contribution >= 0.6 is 48.0 Å². The number of ether oxygens (including phenoxy) is 1. The molecule has 48 heavy (non-hydrogen) atoms. The predicted octanol–water partition coefficient (Wildman–Crippen LogP) is 8.91. The maximum Gasteiger partial charge on any atom is 0.416 e. The van der Waals surface area contributed by atoms with Crippen molar-refractivity contribution in [3.63, 3.8) is 0 Å². The highest BCUT2D eigenvalue weighted by Crippen LogP contribution is 2.39. The maximum atomic E-state index is 13.5. The minimum Gasteiger partial charge on any atom is -0.448 e. The Bertz CT molecular complexity index is 1480. The van der Waals surface area contributed by atoms with Crippen molar-refractivity contribution in [3.05, 3.63) is 99.0 Å². The Morgan fingerprint density at radius 3 is 2.02 bits per heavy atom. The number of rotatable bonds is 8. The van der Waals surface area contributed by atoms with Gasteiger partial charge in [-0.15, -0.1) is 24.8 Å². The first-order valence-electron chi connectivity index (χ1n) is 14.4. The van der Waals surface area contributed by atoms with E-state index in [-0.39, 0.29) is 60.1 Å². The van der Waals surface area contributed by atoms with Crippen molar-refractivity contribution in [2.45, 2.75) is 49.6 Å². The van der Waals surface area contributed by atoms with Gasteiger partial charge in [0.15, 0.2) is 0 Å². The predicted molar refractivity (Wildman–Crippen MR) is 179 cm³/mol. The fourth-order valence-electron chi connectivity index (χ4n) is 5.96. The molecule has 0 aromatic heterocycles. The van der Waals surface area contributed by atoms with E-state index in [1.54, 1.807) is 18.2 Å². The summed E-state index contributed by atoms with van der Waals surface area (Å²) in [5, 5.41) is 4.15.